The van der Waals surface area contributed by atoms with E-state index in [0.29, 0.717) is 6.04 Å². The molecule has 0 radical (unpaired) electrons. The molecule has 1 aromatic carbocycles. The van der Waals surface area contributed by atoms with Crippen LogP contribution in [0.15, 0.2) is 12.1 Å². The van der Waals surface area contributed by atoms with E-state index in [4.69, 9.17) is 9.47 Å². The molecular formula is C26H45NO2. The fraction of sp³-hybridized carbons (Fsp3) is 0.769. The summed E-state index contributed by atoms with van der Waals surface area (Å²) in [5, 5.41) is 0. The standard InChI is InChI=1S/C19H29NO2.C7H16/c1-13(2)9-14-5-6-17-16-11-19(22-4)18(21-3)10-15(16)7-8-20(17)12-14;1-5-7(4)6(2)3/h10-11,13-14,17H,5-9,12H2,1-4H3;6-7H,5H2,1-4H3. The normalized spacial score (nSPS) is 22.4. The van der Waals surface area contributed by atoms with Crippen molar-refractivity contribution in [2.24, 2.45) is 23.7 Å². The highest BCUT2D eigenvalue weighted by molar-refractivity contribution is 5.49. The minimum atomic E-state index is 0.576. The van der Waals surface area contributed by atoms with Gasteiger partial charge in [-0.25, -0.2) is 0 Å². The first kappa shape index (κ1) is 24.1. The molecule has 2 aliphatic rings. The van der Waals surface area contributed by atoms with Crippen LogP contribution in [-0.4, -0.2) is 32.2 Å². The fourth-order valence-electron chi connectivity index (χ4n) is 4.78. The zero-order valence-corrected chi connectivity index (χ0v) is 20.3. The zero-order chi connectivity index (χ0) is 21.6. The number of hydrogen-bond donors (Lipinski definition) is 0. The van der Waals surface area contributed by atoms with Gasteiger partial charge in [-0.15, -0.1) is 0 Å². The molecular weight excluding hydrogens is 358 g/mol. The molecule has 0 amide bonds. The molecule has 0 aromatic heterocycles. The molecule has 1 fully saturated rings. The van der Waals surface area contributed by atoms with Crippen LogP contribution in [0.25, 0.3) is 0 Å². The van der Waals surface area contributed by atoms with E-state index in [1.54, 1.807) is 14.2 Å². The number of nitrogens with zero attached hydrogens (tertiary/aromatic N) is 1. The minimum absolute atomic E-state index is 0.576. The van der Waals surface area contributed by atoms with Gasteiger partial charge in [0, 0.05) is 19.1 Å². The summed E-state index contributed by atoms with van der Waals surface area (Å²) in [6.45, 7) is 16.2. The highest BCUT2D eigenvalue weighted by Gasteiger charge is 2.34. The molecule has 0 aliphatic carbocycles. The summed E-state index contributed by atoms with van der Waals surface area (Å²) in [7, 11) is 3.45. The first-order chi connectivity index (χ1) is 13.8. The maximum absolute atomic E-state index is 5.51. The summed E-state index contributed by atoms with van der Waals surface area (Å²) < 4.78 is 11.0. The van der Waals surface area contributed by atoms with Crippen LogP contribution in [0.3, 0.4) is 0 Å². The Morgan fingerprint density at radius 3 is 2.17 bits per heavy atom. The Morgan fingerprint density at radius 1 is 1.00 bits per heavy atom. The molecule has 3 unspecified atom stereocenters. The Bertz CT molecular complexity index is 625. The van der Waals surface area contributed by atoms with Gasteiger partial charge < -0.3 is 9.47 Å². The predicted molar refractivity (Wildman–Crippen MR) is 124 cm³/mol. The van der Waals surface area contributed by atoms with Crippen LogP contribution in [0.4, 0.5) is 0 Å². The smallest absolute Gasteiger partial charge is 0.161 e. The number of hydrogen-bond acceptors (Lipinski definition) is 3. The number of fused-ring (bicyclic) bond motifs is 3. The predicted octanol–water partition coefficient (Wildman–Crippen LogP) is 6.75. The molecule has 1 saturated heterocycles. The van der Waals surface area contributed by atoms with Gasteiger partial charge in [0.2, 0.25) is 0 Å². The Balaban J connectivity index is 0.000000370. The quantitative estimate of drug-likeness (QED) is 0.524. The zero-order valence-electron chi connectivity index (χ0n) is 20.3. The summed E-state index contributed by atoms with van der Waals surface area (Å²) in [6, 6.07) is 4.98. The molecule has 0 N–H and O–H groups in total. The monoisotopic (exact) mass is 403 g/mol. The van der Waals surface area contributed by atoms with Gasteiger partial charge in [-0.1, -0.05) is 48.0 Å². The van der Waals surface area contributed by atoms with Crippen molar-refractivity contribution in [3.05, 3.63) is 23.3 Å². The van der Waals surface area contributed by atoms with E-state index in [9.17, 15) is 0 Å². The van der Waals surface area contributed by atoms with Crippen LogP contribution < -0.4 is 9.47 Å². The van der Waals surface area contributed by atoms with Crippen LogP contribution in [0.2, 0.25) is 0 Å². The minimum Gasteiger partial charge on any atom is -0.493 e. The largest absolute Gasteiger partial charge is 0.493 e. The number of benzene rings is 1. The van der Waals surface area contributed by atoms with Crippen molar-refractivity contribution in [1.82, 2.24) is 4.90 Å². The SMILES string of the molecule is CCC(C)C(C)C.COc1cc2c(cc1OC)C1CCC(CC(C)C)CN1CC2. The summed E-state index contributed by atoms with van der Waals surface area (Å²) in [5.41, 5.74) is 2.91. The van der Waals surface area contributed by atoms with E-state index in [2.05, 4.69) is 58.6 Å². The summed E-state index contributed by atoms with van der Waals surface area (Å²) in [4.78, 5) is 2.70. The number of piperidine rings is 1. The molecule has 1 aromatic rings. The summed E-state index contributed by atoms with van der Waals surface area (Å²) >= 11 is 0. The Morgan fingerprint density at radius 2 is 1.66 bits per heavy atom. The molecule has 3 atom stereocenters. The van der Waals surface area contributed by atoms with Gasteiger partial charge >= 0.3 is 0 Å². The average Bonchev–Trinajstić information content (AvgIpc) is 2.71. The molecule has 3 nitrogen and oxygen atoms in total. The van der Waals surface area contributed by atoms with E-state index in [1.165, 1.54) is 49.9 Å². The van der Waals surface area contributed by atoms with Crippen molar-refractivity contribution in [2.75, 3.05) is 27.3 Å². The molecule has 2 heterocycles. The topological polar surface area (TPSA) is 21.7 Å². The lowest BCUT2D eigenvalue weighted by molar-refractivity contribution is 0.0894. The van der Waals surface area contributed by atoms with Crippen LogP contribution in [-0.2, 0) is 6.42 Å². The van der Waals surface area contributed by atoms with Crippen molar-refractivity contribution in [3.8, 4) is 11.5 Å². The van der Waals surface area contributed by atoms with Crippen molar-refractivity contribution in [1.29, 1.82) is 0 Å². The lowest BCUT2D eigenvalue weighted by Gasteiger charge is -2.44. The highest BCUT2D eigenvalue weighted by atomic mass is 16.5. The van der Waals surface area contributed by atoms with Crippen molar-refractivity contribution < 1.29 is 9.47 Å². The maximum Gasteiger partial charge on any atom is 0.161 e. The number of ether oxygens (including phenoxy) is 2. The van der Waals surface area contributed by atoms with Crippen molar-refractivity contribution in [3.63, 3.8) is 0 Å². The van der Waals surface area contributed by atoms with E-state index in [-0.39, 0.29) is 0 Å². The summed E-state index contributed by atoms with van der Waals surface area (Å²) in [5.74, 6) is 5.18. The Hall–Kier alpha value is -1.22. The second-order valence-electron chi connectivity index (χ2n) is 9.87. The Kier molecular flexibility index (Phi) is 9.33. The van der Waals surface area contributed by atoms with Crippen LogP contribution in [0.1, 0.15) is 84.4 Å². The number of methoxy groups -OCH3 is 2. The van der Waals surface area contributed by atoms with Crippen LogP contribution in [0.5, 0.6) is 11.5 Å². The first-order valence-electron chi connectivity index (χ1n) is 11.8. The average molecular weight is 404 g/mol. The summed E-state index contributed by atoms with van der Waals surface area (Å²) in [6.07, 6.45) is 6.44. The maximum atomic E-state index is 5.51. The second kappa shape index (κ2) is 11.2. The van der Waals surface area contributed by atoms with E-state index >= 15 is 0 Å². The van der Waals surface area contributed by atoms with Gasteiger partial charge in [0.25, 0.3) is 0 Å². The first-order valence-corrected chi connectivity index (χ1v) is 11.8. The number of rotatable bonds is 6. The highest BCUT2D eigenvalue weighted by Crippen LogP contribution is 2.43. The van der Waals surface area contributed by atoms with E-state index in [1.807, 2.05) is 0 Å². The van der Waals surface area contributed by atoms with Crippen molar-refractivity contribution >= 4 is 0 Å². The third kappa shape index (κ3) is 6.38. The molecule has 3 rings (SSSR count). The third-order valence-electron chi connectivity index (χ3n) is 7.04. The lowest BCUT2D eigenvalue weighted by atomic mass is 9.81. The molecule has 0 spiro atoms. The second-order valence-corrected chi connectivity index (χ2v) is 9.87. The van der Waals surface area contributed by atoms with Gasteiger partial charge in [0.15, 0.2) is 11.5 Å². The molecule has 3 heteroatoms. The van der Waals surface area contributed by atoms with E-state index < -0.39 is 0 Å². The van der Waals surface area contributed by atoms with Gasteiger partial charge in [0.1, 0.15) is 0 Å². The third-order valence-corrected chi connectivity index (χ3v) is 7.04. The van der Waals surface area contributed by atoms with Gasteiger partial charge in [-0.05, 0) is 72.6 Å². The van der Waals surface area contributed by atoms with Gasteiger partial charge in [-0.2, -0.15) is 0 Å². The van der Waals surface area contributed by atoms with E-state index in [0.717, 1.165) is 41.6 Å². The van der Waals surface area contributed by atoms with Gasteiger partial charge in [-0.3, -0.25) is 4.90 Å². The molecule has 29 heavy (non-hydrogen) atoms. The fourth-order valence-corrected chi connectivity index (χ4v) is 4.78. The van der Waals surface area contributed by atoms with Crippen molar-refractivity contribution in [2.45, 2.75) is 79.7 Å². The molecule has 166 valence electrons. The molecule has 0 bridgehead atoms. The Labute approximate surface area is 180 Å². The molecule has 0 saturated carbocycles. The lowest BCUT2D eigenvalue weighted by Crippen LogP contribution is -2.42. The molecule has 2 aliphatic heterocycles. The van der Waals surface area contributed by atoms with Crippen LogP contribution >= 0.6 is 0 Å². The van der Waals surface area contributed by atoms with Crippen LogP contribution in [0, 0.1) is 23.7 Å². The van der Waals surface area contributed by atoms with Gasteiger partial charge in [0.05, 0.1) is 14.2 Å².